The Morgan fingerprint density at radius 3 is 1.46 bits per heavy atom. The van der Waals surface area contributed by atoms with Gasteiger partial charge >= 0.3 is 0 Å². The predicted molar refractivity (Wildman–Crippen MR) is 229 cm³/mol. The third kappa shape index (κ3) is 8.91. The molecule has 1 aliphatic rings. The first-order valence-electron chi connectivity index (χ1n) is 19.5. The maximum absolute atomic E-state index is 7.78. The number of ether oxygens (including phenoxy) is 2. The van der Waals surface area contributed by atoms with Gasteiger partial charge in [0.05, 0.1) is 25.1 Å². The van der Waals surface area contributed by atoms with Crippen LogP contribution in [-0.2, 0) is 24.9 Å². The average molecular weight is 755 g/mol. The van der Waals surface area contributed by atoms with E-state index in [1.165, 1.54) is 26.3 Å². The molecule has 0 bridgehead atoms. The van der Waals surface area contributed by atoms with Crippen LogP contribution >= 0.6 is 0 Å². The van der Waals surface area contributed by atoms with Crippen molar-refractivity contribution in [1.82, 2.24) is 0 Å². The summed E-state index contributed by atoms with van der Waals surface area (Å²) in [6.07, 6.45) is 5.90. The molecule has 1 heterocycles. The minimum atomic E-state index is -2.84. The molecule has 0 saturated carbocycles. The number of hydrogen-bond acceptors (Lipinski definition) is 4. The van der Waals surface area contributed by atoms with Crippen molar-refractivity contribution in [3.05, 3.63) is 170 Å². The van der Waals surface area contributed by atoms with Crippen molar-refractivity contribution in [3.8, 4) is 0 Å². The molecule has 0 aromatic heterocycles. The fourth-order valence-corrected chi connectivity index (χ4v) is 17.6. The van der Waals surface area contributed by atoms with E-state index in [9.17, 15) is 0 Å². The van der Waals surface area contributed by atoms with Gasteiger partial charge in [0.25, 0.3) is 16.6 Å². The van der Waals surface area contributed by atoms with Crippen molar-refractivity contribution >= 4 is 37.4 Å². The van der Waals surface area contributed by atoms with E-state index in [2.05, 4.69) is 193 Å². The van der Waals surface area contributed by atoms with Gasteiger partial charge in [-0.25, -0.2) is 0 Å². The Hall–Kier alpha value is -4.05. The van der Waals surface area contributed by atoms with Crippen LogP contribution in [0, 0.1) is 0 Å². The summed E-state index contributed by atoms with van der Waals surface area (Å²) in [5.41, 5.74) is 1.17. The van der Waals surface area contributed by atoms with Crippen LogP contribution in [0.1, 0.15) is 66.4 Å². The van der Waals surface area contributed by atoms with E-state index < -0.39 is 16.6 Å². The zero-order chi connectivity index (χ0) is 38.1. The van der Waals surface area contributed by atoms with Gasteiger partial charge in [-0.1, -0.05) is 193 Å². The predicted octanol–water partition coefficient (Wildman–Crippen LogP) is 9.18. The van der Waals surface area contributed by atoms with E-state index in [4.69, 9.17) is 18.3 Å². The highest BCUT2D eigenvalue weighted by Crippen LogP contribution is 2.41. The lowest BCUT2D eigenvalue weighted by atomic mass is 10.0. The molecular weight excluding hydrogens is 697 g/mol. The number of rotatable bonds is 15. The minimum absolute atomic E-state index is 0.0875. The summed E-state index contributed by atoms with van der Waals surface area (Å²) in [4.78, 5) is 0. The Morgan fingerprint density at radius 2 is 1.02 bits per heavy atom. The van der Waals surface area contributed by atoms with Crippen LogP contribution in [0.5, 0.6) is 0 Å². The van der Waals surface area contributed by atoms with Gasteiger partial charge in [0, 0.05) is 19.4 Å². The summed E-state index contributed by atoms with van der Waals surface area (Å²) in [6, 6.07) is 54.0. The van der Waals surface area contributed by atoms with Crippen molar-refractivity contribution in [3.63, 3.8) is 0 Å². The first kappa shape index (κ1) is 39.6. The van der Waals surface area contributed by atoms with E-state index in [0.29, 0.717) is 13.2 Å². The highest BCUT2D eigenvalue weighted by molar-refractivity contribution is 7.00. The lowest BCUT2D eigenvalue weighted by Crippen LogP contribution is -2.68. The Balaban J connectivity index is 1.32. The minimum Gasteiger partial charge on any atom is -0.498 e. The Labute approximate surface area is 326 Å². The monoisotopic (exact) mass is 754 g/mol. The van der Waals surface area contributed by atoms with E-state index in [1.807, 2.05) is 12.3 Å². The van der Waals surface area contributed by atoms with Crippen molar-refractivity contribution in [2.45, 2.75) is 95.8 Å². The summed E-state index contributed by atoms with van der Waals surface area (Å²) in [5, 5.41) is 4.84. The highest BCUT2D eigenvalue weighted by Gasteiger charge is 2.53. The maximum Gasteiger partial charge on any atom is 0.261 e. The number of hydrogen-bond donors (Lipinski definition) is 0. The molecule has 6 heteroatoms. The van der Waals surface area contributed by atoms with Crippen LogP contribution in [-0.4, -0.2) is 41.6 Å². The van der Waals surface area contributed by atoms with Crippen molar-refractivity contribution in [1.29, 1.82) is 0 Å². The van der Waals surface area contributed by atoms with Crippen LogP contribution < -0.4 is 20.7 Å². The molecule has 6 rings (SSSR count). The second-order valence-electron chi connectivity index (χ2n) is 16.6. The van der Waals surface area contributed by atoms with Gasteiger partial charge in [-0.15, -0.1) is 0 Å². The van der Waals surface area contributed by atoms with Crippen LogP contribution in [0.25, 0.3) is 0 Å². The molecule has 0 unspecified atom stereocenters. The molecule has 0 fully saturated rings. The van der Waals surface area contributed by atoms with Crippen LogP contribution in [0.2, 0.25) is 10.1 Å². The Morgan fingerprint density at radius 1 is 0.593 bits per heavy atom. The fraction of sp³-hybridized carbons (Fsp3) is 0.333. The summed E-state index contributed by atoms with van der Waals surface area (Å²) in [7, 11) is -5.61. The molecule has 0 radical (unpaired) electrons. The third-order valence-electron chi connectivity index (χ3n) is 10.8. The summed E-state index contributed by atoms with van der Waals surface area (Å²) < 4.78 is 28.2. The second-order valence-corrected chi connectivity index (χ2v) is 25.1. The van der Waals surface area contributed by atoms with Gasteiger partial charge in [-0.2, -0.15) is 0 Å². The van der Waals surface area contributed by atoms with E-state index in [-0.39, 0.29) is 28.4 Å². The molecule has 0 amide bonds. The molecule has 5 aromatic carbocycles. The summed E-state index contributed by atoms with van der Waals surface area (Å²) >= 11 is 0. The van der Waals surface area contributed by atoms with Crippen molar-refractivity contribution in [2.24, 2.45) is 0 Å². The molecule has 4 nitrogen and oxygen atoms in total. The average Bonchev–Trinajstić information content (AvgIpc) is 3.18. The van der Waals surface area contributed by atoms with Gasteiger partial charge in [-0.3, -0.25) is 0 Å². The first-order chi connectivity index (χ1) is 26.0. The molecule has 0 spiro atoms. The zero-order valence-electron chi connectivity index (χ0n) is 33.0. The van der Waals surface area contributed by atoms with Crippen LogP contribution in [0.4, 0.5) is 0 Å². The highest BCUT2D eigenvalue weighted by atomic mass is 28.4. The van der Waals surface area contributed by atoms with Crippen LogP contribution in [0.15, 0.2) is 164 Å². The van der Waals surface area contributed by atoms with Gasteiger partial charge in [0.1, 0.15) is 6.10 Å². The van der Waals surface area contributed by atoms with E-state index in [0.717, 1.165) is 19.3 Å². The van der Waals surface area contributed by atoms with Gasteiger partial charge < -0.3 is 18.3 Å². The lowest BCUT2D eigenvalue weighted by Gasteiger charge is -2.46. The summed E-state index contributed by atoms with van der Waals surface area (Å²) in [5.74, 6) is 0. The molecule has 0 saturated heterocycles. The zero-order valence-corrected chi connectivity index (χ0v) is 35.0. The first-order valence-corrected chi connectivity index (χ1v) is 23.4. The third-order valence-corrected chi connectivity index (χ3v) is 20.9. The molecule has 3 atom stereocenters. The normalized spacial score (nSPS) is 17.1. The Bertz CT molecular complexity index is 1790. The quantitative estimate of drug-likeness (QED) is 0.0790. The standard InChI is InChI=1S/C48H58O4Si2/c1-47(2,3)53(43-24-14-8-15-25-43,44-26-16-9-17-27-44)51-40(32-34-49-38-39-22-12-7-13-23-39)36-42-37-41(33-35-50-42)52-54(48(4,5)6,45-28-18-10-19-29-45)46-30-20-11-21-31-46/h7-31,33,35,40-42H,32,34,36-38H2,1-6H3/t40-,41-,42-/m0/s1. The molecule has 0 aliphatic carbocycles. The molecule has 54 heavy (non-hydrogen) atoms. The largest absolute Gasteiger partial charge is 0.498 e. The van der Waals surface area contributed by atoms with E-state index >= 15 is 0 Å². The Kier molecular flexibility index (Phi) is 12.9. The van der Waals surface area contributed by atoms with Crippen molar-refractivity contribution in [2.75, 3.05) is 6.61 Å². The molecule has 282 valence electrons. The smallest absolute Gasteiger partial charge is 0.261 e. The van der Waals surface area contributed by atoms with Crippen LogP contribution in [0.3, 0.4) is 0 Å². The summed E-state index contributed by atoms with van der Waals surface area (Å²) in [6.45, 7) is 15.2. The van der Waals surface area contributed by atoms with E-state index in [1.54, 1.807) is 0 Å². The second kappa shape index (κ2) is 17.6. The SMILES string of the molecule is CC(C)(C)[Si](O[C@@H](CCOCc1ccccc1)C[C@H]1C[C@@H](O[Si](c2ccccc2)(c2ccccc2)C(C)(C)C)C=CO1)(c1ccccc1)c1ccccc1. The molecule has 1 aliphatic heterocycles. The number of benzene rings is 5. The van der Waals surface area contributed by atoms with Gasteiger partial charge in [0.15, 0.2) is 0 Å². The van der Waals surface area contributed by atoms with Gasteiger partial charge in [0.2, 0.25) is 0 Å². The maximum atomic E-state index is 7.78. The molecular formula is C48H58O4Si2. The van der Waals surface area contributed by atoms with Crippen molar-refractivity contribution < 1.29 is 18.3 Å². The molecule has 0 N–H and O–H groups in total. The lowest BCUT2D eigenvalue weighted by molar-refractivity contribution is 0.0182. The topological polar surface area (TPSA) is 36.9 Å². The van der Waals surface area contributed by atoms with Gasteiger partial charge in [-0.05, 0) is 48.9 Å². The fourth-order valence-electron chi connectivity index (χ4n) is 8.23. The molecule has 5 aromatic rings.